The molecule has 1 saturated heterocycles. The van der Waals surface area contributed by atoms with Crippen LogP contribution in [0.25, 0.3) is 5.13 Å². The summed E-state index contributed by atoms with van der Waals surface area (Å²) >= 11 is 1.53. The Labute approximate surface area is 172 Å². The molecular formula is C20H21N5O3S. The number of benzene rings is 1. The van der Waals surface area contributed by atoms with Crippen molar-refractivity contribution < 1.29 is 14.3 Å². The summed E-state index contributed by atoms with van der Waals surface area (Å²) in [6, 6.07) is 9.42. The Kier molecular flexibility index (Phi) is 4.81. The molecule has 9 heteroatoms. The fourth-order valence-corrected chi connectivity index (χ4v) is 4.48. The maximum atomic E-state index is 12.9. The quantitative estimate of drug-likeness (QED) is 0.711. The number of aromatic nitrogens is 3. The standard InChI is InChI=1S/C20H21N5O3S/c26-18(21-15-5-6-16-17(12-15)28-11-10-27-16)14-4-3-9-25(13-14)20-23-22-19(29-20)24-7-1-2-8-24/h1-2,5-8,12,14H,3-4,9-11,13H2,(H,21,26)/t14-/m0/s1. The summed E-state index contributed by atoms with van der Waals surface area (Å²) in [5.74, 6) is 1.30. The van der Waals surface area contributed by atoms with E-state index in [1.54, 1.807) is 0 Å². The Morgan fingerprint density at radius 1 is 1.10 bits per heavy atom. The van der Waals surface area contributed by atoms with E-state index >= 15 is 0 Å². The van der Waals surface area contributed by atoms with Gasteiger partial charge in [-0.2, -0.15) is 0 Å². The molecule has 0 radical (unpaired) electrons. The number of nitrogens with zero attached hydrogens (tertiary/aromatic N) is 4. The SMILES string of the molecule is O=C(Nc1ccc2c(c1)OCCO2)[C@H]1CCCN(c2nnc(-n3cccc3)s2)C1. The number of hydrogen-bond donors (Lipinski definition) is 1. The molecule has 0 aliphatic carbocycles. The molecule has 0 unspecified atom stereocenters. The molecular weight excluding hydrogens is 390 g/mol. The highest BCUT2D eigenvalue weighted by molar-refractivity contribution is 7.17. The van der Waals surface area contributed by atoms with Crippen molar-refractivity contribution >= 4 is 28.1 Å². The lowest BCUT2D eigenvalue weighted by Gasteiger charge is -2.31. The van der Waals surface area contributed by atoms with Crippen LogP contribution < -0.4 is 19.7 Å². The highest BCUT2D eigenvalue weighted by Crippen LogP contribution is 2.33. The number of rotatable bonds is 4. The first kappa shape index (κ1) is 18.0. The van der Waals surface area contributed by atoms with Gasteiger partial charge in [-0.15, -0.1) is 10.2 Å². The highest BCUT2D eigenvalue weighted by Gasteiger charge is 2.28. The predicted molar refractivity (Wildman–Crippen MR) is 110 cm³/mol. The van der Waals surface area contributed by atoms with Gasteiger partial charge in [0, 0.05) is 37.2 Å². The van der Waals surface area contributed by atoms with Gasteiger partial charge in [-0.1, -0.05) is 11.3 Å². The number of ether oxygens (including phenoxy) is 2. The van der Waals surface area contributed by atoms with Gasteiger partial charge < -0.3 is 19.7 Å². The van der Waals surface area contributed by atoms with Crippen LogP contribution in [-0.2, 0) is 4.79 Å². The van der Waals surface area contributed by atoms with E-state index < -0.39 is 0 Å². The van der Waals surface area contributed by atoms with E-state index in [4.69, 9.17) is 9.47 Å². The molecule has 29 heavy (non-hydrogen) atoms. The summed E-state index contributed by atoms with van der Waals surface area (Å²) in [5.41, 5.74) is 0.724. The molecule has 2 aliphatic heterocycles. The van der Waals surface area contributed by atoms with E-state index in [9.17, 15) is 4.79 Å². The van der Waals surface area contributed by atoms with E-state index in [1.165, 1.54) is 11.3 Å². The molecule has 3 aromatic rings. The molecule has 4 heterocycles. The van der Waals surface area contributed by atoms with Crippen LogP contribution in [0.5, 0.6) is 11.5 Å². The summed E-state index contributed by atoms with van der Waals surface area (Å²) in [6.07, 6.45) is 5.70. The van der Waals surface area contributed by atoms with E-state index in [-0.39, 0.29) is 11.8 Å². The zero-order chi connectivity index (χ0) is 19.6. The van der Waals surface area contributed by atoms with Gasteiger partial charge in [0.05, 0.1) is 5.92 Å². The number of piperidine rings is 1. The molecule has 1 N–H and O–H groups in total. The molecule has 1 fully saturated rings. The molecule has 0 saturated carbocycles. The van der Waals surface area contributed by atoms with Crippen molar-refractivity contribution in [1.82, 2.24) is 14.8 Å². The minimum Gasteiger partial charge on any atom is -0.486 e. The zero-order valence-electron chi connectivity index (χ0n) is 15.8. The third kappa shape index (κ3) is 3.77. The number of fused-ring (bicyclic) bond motifs is 1. The van der Waals surface area contributed by atoms with Gasteiger partial charge in [-0.05, 0) is 37.1 Å². The molecule has 1 atom stereocenters. The molecule has 2 aliphatic rings. The average Bonchev–Trinajstić information content (AvgIpc) is 3.46. The van der Waals surface area contributed by atoms with Crippen LogP contribution in [0.1, 0.15) is 12.8 Å². The fourth-order valence-electron chi connectivity index (χ4n) is 3.63. The van der Waals surface area contributed by atoms with E-state index in [0.29, 0.717) is 31.3 Å². The number of amides is 1. The lowest BCUT2D eigenvalue weighted by atomic mass is 9.97. The predicted octanol–water partition coefficient (Wildman–Crippen LogP) is 2.96. The highest BCUT2D eigenvalue weighted by atomic mass is 32.1. The largest absolute Gasteiger partial charge is 0.486 e. The molecule has 0 spiro atoms. The minimum atomic E-state index is -0.101. The van der Waals surface area contributed by atoms with Gasteiger partial charge in [-0.25, -0.2) is 0 Å². The van der Waals surface area contributed by atoms with Crippen LogP contribution in [-0.4, -0.2) is 47.0 Å². The number of carbonyl (C=O) groups excluding carboxylic acids is 1. The second-order valence-electron chi connectivity index (χ2n) is 7.09. The lowest BCUT2D eigenvalue weighted by molar-refractivity contribution is -0.120. The lowest BCUT2D eigenvalue weighted by Crippen LogP contribution is -2.40. The Bertz CT molecular complexity index is 1000. The van der Waals surface area contributed by atoms with E-state index in [0.717, 1.165) is 35.3 Å². The van der Waals surface area contributed by atoms with Gasteiger partial charge in [0.15, 0.2) is 11.5 Å². The van der Waals surface area contributed by atoms with Crippen molar-refractivity contribution in [3.63, 3.8) is 0 Å². The second-order valence-corrected chi connectivity index (χ2v) is 8.02. The minimum absolute atomic E-state index is 0.0153. The maximum Gasteiger partial charge on any atom is 0.229 e. The number of anilines is 2. The molecule has 1 amide bonds. The summed E-state index contributed by atoms with van der Waals surface area (Å²) < 4.78 is 13.1. The maximum absolute atomic E-state index is 12.9. The summed E-state index contributed by atoms with van der Waals surface area (Å²) in [6.45, 7) is 2.59. The van der Waals surface area contributed by atoms with Gasteiger partial charge in [0.2, 0.25) is 16.2 Å². The van der Waals surface area contributed by atoms with E-state index in [1.807, 2.05) is 47.3 Å². The van der Waals surface area contributed by atoms with Crippen molar-refractivity contribution in [1.29, 1.82) is 0 Å². The van der Waals surface area contributed by atoms with Crippen LogP contribution in [0.2, 0.25) is 0 Å². The van der Waals surface area contributed by atoms with Crippen LogP contribution in [0, 0.1) is 5.92 Å². The third-order valence-electron chi connectivity index (χ3n) is 5.10. The van der Waals surface area contributed by atoms with Crippen LogP contribution in [0.15, 0.2) is 42.7 Å². The summed E-state index contributed by atoms with van der Waals surface area (Å²) in [5, 5.41) is 13.3. The Balaban J connectivity index is 1.25. The monoisotopic (exact) mass is 411 g/mol. The first-order chi connectivity index (χ1) is 14.3. The summed E-state index contributed by atoms with van der Waals surface area (Å²) in [4.78, 5) is 15.0. The average molecular weight is 411 g/mol. The Morgan fingerprint density at radius 3 is 2.76 bits per heavy atom. The summed E-state index contributed by atoms with van der Waals surface area (Å²) in [7, 11) is 0. The Hall–Kier alpha value is -3.07. The first-order valence-electron chi connectivity index (χ1n) is 9.68. The zero-order valence-corrected chi connectivity index (χ0v) is 16.6. The fraction of sp³-hybridized carbons (Fsp3) is 0.350. The van der Waals surface area contributed by atoms with E-state index in [2.05, 4.69) is 20.4 Å². The van der Waals surface area contributed by atoms with Crippen molar-refractivity contribution in [2.75, 3.05) is 36.5 Å². The van der Waals surface area contributed by atoms with Crippen LogP contribution in [0.3, 0.4) is 0 Å². The van der Waals surface area contributed by atoms with Crippen molar-refractivity contribution in [2.24, 2.45) is 5.92 Å². The van der Waals surface area contributed by atoms with Crippen molar-refractivity contribution in [3.05, 3.63) is 42.7 Å². The van der Waals surface area contributed by atoms with Crippen molar-refractivity contribution in [3.8, 4) is 16.6 Å². The van der Waals surface area contributed by atoms with Crippen LogP contribution >= 0.6 is 11.3 Å². The van der Waals surface area contributed by atoms with Crippen LogP contribution in [0.4, 0.5) is 10.8 Å². The molecule has 5 rings (SSSR count). The molecule has 0 bridgehead atoms. The third-order valence-corrected chi connectivity index (χ3v) is 6.10. The molecule has 8 nitrogen and oxygen atoms in total. The first-order valence-corrected chi connectivity index (χ1v) is 10.5. The van der Waals surface area contributed by atoms with Gasteiger partial charge in [0.25, 0.3) is 0 Å². The Morgan fingerprint density at radius 2 is 1.90 bits per heavy atom. The molecule has 1 aromatic carbocycles. The number of carbonyl (C=O) groups is 1. The molecule has 150 valence electrons. The normalized spacial score (nSPS) is 18.5. The number of hydrogen-bond acceptors (Lipinski definition) is 7. The van der Waals surface area contributed by atoms with Gasteiger partial charge in [0.1, 0.15) is 13.2 Å². The second kappa shape index (κ2) is 7.75. The van der Waals surface area contributed by atoms with Gasteiger partial charge >= 0.3 is 0 Å². The smallest absolute Gasteiger partial charge is 0.229 e. The van der Waals surface area contributed by atoms with Crippen molar-refractivity contribution in [2.45, 2.75) is 12.8 Å². The van der Waals surface area contributed by atoms with Gasteiger partial charge in [-0.3, -0.25) is 9.36 Å². The topological polar surface area (TPSA) is 81.5 Å². The molecule has 2 aromatic heterocycles. The number of nitrogens with one attached hydrogen (secondary N) is 1.